The predicted octanol–water partition coefficient (Wildman–Crippen LogP) is 1.56. The van der Waals surface area contributed by atoms with Crippen molar-refractivity contribution in [3.05, 3.63) is 42.5 Å². The van der Waals surface area contributed by atoms with E-state index in [-0.39, 0.29) is 48.9 Å². The lowest BCUT2D eigenvalue weighted by Crippen LogP contribution is -2.53. The zero-order valence-corrected chi connectivity index (χ0v) is 20.5. The lowest BCUT2D eigenvalue weighted by molar-refractivity contribution is -0.131. The zero-order valence-electron chi connectivity index (χ0n) is 20.5. The number of aromatic hydroxyl groups is 1. The second-order valence-electron chi connectivity index (χ2n) is 8.75. The van der Waals surface area contributed by atoms with Crippen molar-refractivity contribution in [1.82, 2.24) is 21.3 Å². The maximum Gasteiger partial charge on any atom is 0.243 e. The molecule has 4 amide bonds. The van der Waals surface area contributed by atoms with Crippen LogP contribution in [0.3, 0.4) is 0 Å². The summed E-state index contributed by atoms with van der Waals surface area (Å²) in [6.07, 6.45) is 3.16. The summed E-state index contributed by atoms with van der Waals surface area (Å²) in [5.74, 6) is -1.35. The Balaban J connectivity index is 2.76. The molecule has 1 rings (SSSR count). The Labute approximate surface area is 201 Å². The van der Waals surface area contributed by atoms with Gasteiger partial charge in [0.25, 0.3) is 0 Å². The summed E-state index contributed by atoms with van der Waals surface area (Å²) >= 11 is 0. The van der Waals surface area contributed by atoms with Gasteiger partial charge in [0.15, 0.2) is 0 Å². The average Bonchev–Trinajstić information content (AvgIpc) is 2.77. The molecule has 1 unspecified atom stereocenters. The van der Waals surface area contributed by atoms with Crippen LogP contribution in [0.5, 0.6) is 5.75 Å². The van der Waals surface area contributed by atoms with E-state index < -0.39 is 23.9 Å². The largest absolute Gasteiger partial charge is 0.508 e. The Hall–Kier alpha value is -3.36. The summed E-state index contributed by atoms with van der Waals surface area (Å²) in [7, 11) is 0. The van der Waals surface area contributed by atoms with Crippen molar-refractivity contribution in [2.45, 2.75) is 71.5 Å². The van der Waals surface area contributed by atoms with Gasteiger partial charge in [-0.15, -0.1) is 6.58 Å². The molecule has 0 heterocycles. The number of carbonyl (C=O) groups is 4. The van der Waals surface area contributed by atoms with Crippen LogP contribution >= 0.6 is 0 Å². The van der Waals surface area contributed by atoms with E-state index in [9.17, 15) is 24.3 Å². The molecule has 0 aliphatic rings. The molecule has 9 nitrogen and oxygen atoms in total. The Kier molecular flexibility index (Phi) is 12.4. The Bertz CT molecular complexity index is 838. The average molecular weight is 475 g/mol. The maximum atomic E-state index is 12.7. The number of hydrogen-bond acceptors (Lipinski definition) is 5. The van der Waals surface area contributed by atoms with Crippen LogP contribution in [0.25, 0.3) is 0 Å². The molecule has 5 N–H and O–H groups in total. The number of benzene rings is 1. The van der Waals surface area contributed by atoms with Crippen molar-refractivity contribution in [3.8, 4) is 5.75 Å². The van der Waals surface area contributed by atoms with Gasteiger partial charge in [-0.05, 0) is 43.4 Å². The first-order valence-corrected chi connectivity index (χ1v) is 11.6. The summed E-state index contributed by atoms with van der Waals surface area (Å²) in [5.41, 5.74) is 0.737. The molecule has 0 fully saturated rings. The second kappa shape index (κ2) is 14.7. The number of hydrogen-bond donors (Lipinski definition) is 5. The van der Waals surface area contributed by atoms with E-state index in [4.69, 9.17) is 0 Å². The number of amides is 4. The Morgan fingerprint density at radius 3 is 2.12 bits per heavy atom. The van der Waals surface area contributed by atoms with Crippen LogP contribution in [0.1, 0.15) is 52.5 Å². The van der Waals surface area contributed by atoms with Crippen LogP contribution in [0, 0.1) is 5.92 Å². The van der Waals surface area contributed by atoms with Gasteiger partial charge in [0, 0.05) is 18.9 Å². The van der Waals surface area contributed by atoms with Crippen LogP contribution in [0.15, 0.2) is 36.9 Å². The molecular formula is C25H38N4O5. The standard InChI is InChI=1S/C25H38N4O5/c1-6-8-17(5)27-25(34)20(13-16(3)4)29-23(32)15-26-24(33)21(28-22(31)7-2)14-18-9-11-19(30)12-10-18/h6,9-12,16-17,20-21,30H,1,7-8,13-15H2,2-5H3,(H,26,33)(H,27,34)(H,28,31)(H,29,32)/t17?,20-,21-/m1/s1. The Morgan fingerprint density at radius 2 is 1.56 bits per heavy atom. The molecule has 0 aliphatic heterocycles. The molecule has 0 spiro atoms. The summed E-state index contributed by atoms with van der Waals surface area (Å²) in [6.45, 7) is 10.8. The van der Waals surface area contributed by atoms with Crippen LogP contribution in [0.2, 0.25) is 0 Å². The van der Waals surface area contributed by atoms with Gasteiger partial charge >= 0.3 is 0 Å². The molecule has 0 aromatic heterocycles. The van der Waals surface area contributed by atoms with Crippen molar-refractivity contribution in [3.63, 3.8) is 0 Å². The van der Waals surface area contributed by atoms with Gasteiger partial charge < -0.3 is 26.4 Å². The van der Waals surface area contributed by atoms with Gasteiger partial charge in [-0.2, -0.15) is 0 Å². The molecule has 9 heteroatoms. The third kappa shape index (κ3) is 11.0. The van der Waals surface area contributed by atoms with Crippen LogP contribution in [-0.4, -0.2) is 53.4 Å². The SMILES string of the molecule is C=CCC(C)NC(=O)[C@@H](CC(C)C)NC(=O)CNC(=O)[C@@H](Cc1ccc(O)cc1)NC(=O)CC. The minimum atomic E-state index is -0.890. The first-order chi connectivity index (χ1) is 16.0. The molecule has 0 bridgehead atoms. The molecule has 0 aliphatic carbocycles. The first kappa shape index (κ1) is 28.7. The van der Waals surface area contributed by atoms with E-state index in [1.165, 1.54) is 12.1 Å². The highest BCUT2D eigenvalue weighted by atomic mass is 16.3. The van der Waals surface area contributed by atoms with Crippen LogP contribution < -0.4 is 21.3 Å². The number of phenols is 1. The number of rotatable bonds is 14. The Morgan fingerprint density at radius 1 is 0.941 bits per heavy atom. The third-order valence-electron chi connectivity index (χ3n) is 5.04. The molecule has 188 valence electrons. The number of carbonyl (C=O) groups excluding carboxylic acids is 4. The van der Waals surface area contributed by atoms with Gasteiger partial charge in [-0.25, -0.2) is 0 Å². The predicted molar refractivity (Wildman–Crippen MR) is 131 cm³/mol. The van der Waals surface area contributed by atoms with Gasteiger partial charge in [-0.1, -0.05) is 39.0 Å². The quantitative estimate of drug-likeness (QED) is 0.261. The molecule has 0 saturated heterocycles. The van der Waals surface area contributed by atoms with E-state index >= 15 is 0 Å². The number of nitrogens with one attached hydrogen (secondary N) is 4. The van der Waals surface area contributed by atoms with Gasteiger partial charge in [-0.3, -0.25) is 19.2 Å². The van der Waals surface area contributed by atoms with Crippen molar-refractivity contribution < 1.29 is 24.3 Å². The molecule has 0 saturated carbocycles. The minimum Gasteiger partial charge on any atom is -0.508 e. The second-order valence-corrected chi connectivity index (χ2v) is 8.75. The van der Waals surface area contributed by atoms with Crippen molar-refractivity contribution >= 4 is 23.6 Å². The van der Waals surface area contributed by atoms with Crippen molar-refractivity contribution in [1.29, 1.82) is 0 Å². The lowest BCUT2D eigenvalue weighted by atomic mass is 10.0. The number of phenolic OH excluding ortho intramolecular Hbond substituents is 1. The fraction of sp³-hybridized carbons (Fsp3) is 0.520. The van der Waals surface area contributed by atoms with E-state index in [2.05, 4.69) is 27.8 Å². The highest BCUT2D eigenvalue weighted by Crippen LogP contribution is 2.12. The fourth-order valence-electron chi connectivity index (χ4n) is 3.26. The minimum absolute atomic E-state index is 0.0953. The molecule has 0 radical (unpaired) electrons. The molecule has 3 atom stereocenters. The normalized spacial score (nSPS) is 13.3. The summed E-state index contributed by atoms with van der Waals surface area (Å²) in [5, 5.41) is 20.2. The van der Waals surface area contributed by atoms with Crippen LogP contribution in [-0.2, 0) is 25.6 Å². The lowest BCUT2D eigenvalue weighted by Gasteiger charge is -2.23. The summed E-state index contributed by atoms with van der Waals surface area (Å²) < 4.78 is 0. The van der Waals surface area contributed by atoms with Crippen molar-refractivity contribution in [2.75, 3.05) is 6.54 Å². The first-order valence-electron chi connectivity index (χ1n) is 11.6. The van der Waals surface area contributed by atoms with Gasteiger partial charge in [0.2, 0.25) is 23.6 Å². The van der Waals surface area contributed by atoms with Crippen LogP contribution in [0.4, 0.5) is 0 Å². The summed E-state index contributed by atoms with van der Waals surface area (Å²) in [6, 6.07) is 4.57. The zero-order chi connectivity index (χ0) is 25.7. The highest BCUT2D eigenvalue weighted by Gasteiger charge is 2.25. The van der Waals surface area contributed by atoms with Gasteiger partial charge in [0.05, 0.1) is 6.54 Å². The van der Waals surface area contributed by atoms with Crippen molar-refractivity contribution in [2.24, 2.45) is 5.92 Å². The van der Waals surface area contributed by atoms with Gasteiger partial charge in [0.1, 0.15) is 17.8 Å². The van der Waals surface area contributed by atoms with E-state index in [1.54, 1.807) is 25.1 Å². The molecule has 34 heavy (non-hydrogen) atoms. The van der Waals surface area contributed by atoms with E-state index in [1.807, 2.05) is 20.8 Å². The smallest absolute Gasteiger partial charge is 0.243 e. The van der Waals surface area contributed by atoms with E-state index in [0.29, 0.717) is 12.8 Å². The fourth-order valence-corrected chi connectivity index (χ4v) is 3.26. The molecular weight excluding hydrogens is 436 g/mol. The highest BCUT2D eigenvalue weighted by molar-refractivity contribution is 5.92. The van der Waals surface area contributed by atoms with E-state index in [0.717, 1.165) is 5.56 Å². The maximum absolute atomic E-state index is 12.7. The third-order valence-corrected chi connectivity index (χ3v) is 5.04. The molecule has 1 aromatic carbocycles. The topological polar surface area (TPSA) is 137 Å². The molecule has 1 aromatic rings. The monoisotopic (exact) mass is 474 g/mol. The summed E-state index contributed by atoms with van der Waals surface area (Å²) in [4.78, 5) is 49.8.